The van der Waals surface area contributed by atoms with Gasteiger partial charge in [0.25, 0.3) is 0 Å². The molecular weight excluding hydrogens is 304 g/mol. The van der Waals surface area contributed by atoms with Gasteiger partial charge in [-0.3, -0.25) is 4.90 Å². The fourth-order valence-electron chi connectivity index (χ4n) is 3.22. The molecule has 6 heteroatoms. The van der Waals surface area contributed by atoms with Crippen LogP contribution in [0.2, 0.25) is 0 Å². The molecule has 0 bridgehead atoms. The number of rotatable bonds is 7. The molecule has 6 nitrogen and oxygen atoms in total. The first-order valence-corrected chi connectivity index (χ1v) is 8.48. The molecule has 3 rings (SSSR count). The Bertz CT molecular complexity index is 651. The van der Waals surface area contributed by atoms with Crippen LogP contribution in [0.4, 0.5) is 0 Å². The van der Waals surface area contributed by atoms with Crippen LogP contribution in [0.25, 0.3) is 5.82 Å². The Morgan fingerprint density at radius 2 is 2.25 bits per heavy atom. The van der Waals surface area contributed by atoms with Crippen LogP contribution in [0.1, 0.15) is 23.4 Å². The molecular formula is C18H26N4O2. The van der Waals surface area contributed by atoms with Gasteiger partial charge in [0.05, 0.1) is 18.9 Å². The first-order valence-electron chi connectivity index (χ1n) is 8.48. The number of hydrogen-bond donors (Lipinski definition) is 0. The van der Waals surface area contributed by atoms with Crippen molar-refractivity contribution in [1.82, 2.24) is 19.7 Å². The van der Waals surface area contributed by atoms with Crippen LogP contribution in [-0.2, 0) is 16.0 Å². The van der Waals surface area contributed by atoms with Gasteiger partial charge < -0.3 is 9.47 Å². The monoisotopic (exact) mass is 330 g/mol. The summed E-state index contributed by atoms with van der Waals surface area (Å²) in [5.41, 5.74) is 3.47. The summed E-state index contributed by atoms with van der Waals surface area (Å²) < 4.78 is 12.8. The van der Waals surface area contributed by atoms with Gasteiger partial charge in [-0.2, -0.15) is 5.10 Å². The second-order valence-corrected chi connectivity index (χ2v) is 6.23. The normalized spacial score (nSPS) is 17.8. The molecule has 2 aromatic heterocycles. The van der Waals surface area contributed by atoms with E-state index in [1.165, 1.54) is 5.56 Å². The van der Waals surface area contributed by atoms with Crippen LogP contribution in [0.15, 0.2) is 24.4 Å². The van der Waals surface area contributed by atoms with Crippen molar-refractivity contribution in [3.8, 4) is 5.82 Å². The number of nitrogens with zero attached hydrogens (tertiary/aromatic N) is 4. The number of hydrogen-bond acceptors (Lipinski definition) is 5. The van der Waals surface area contributed by atoms with Crippen molar-refractivity contribution in [3.05, 3.63) is 41.3 Å². The summed E-state index contributed by atoms with van der Waals surface area (Å²) in [6, 6.07) is 6.34. The third-order valence-electron chi connectivity index (χ3n) is 4.67. The molecule has 1 aliphatic rings. The van der Waals surface area contributed by atoms with Crippen LogP contribution in [0.3, 0.4) is 0 Å². The standard InChI is InChI=1S/C18H26N4O2/c1-14-17(12-21(9-11-23-3)16-7-10-24-13-16)15(2)22(20-14)18-6-4-5-8-19-18/h4-6,8,16H,7,9-13H2,1-3H3. The molecule has 24 heavy (non-hydrogen) atoms. The minimum Gasteiger partial charge on any atom is -0.383 e. The molecule has 130 valence electrons. The number of aryl methyl sites for hydroxylation is 1. The molecule has 0 spiro atoms. The maximum atomic E-state index is 5.58. The third-order valence-corrected chi connectivity index (χ3v) is 4.67. The second kappa shape index (κ2) is 7.88. The lowest BCUT2D eigenvalue weighted by molar-refractivity contribution is 0.100. The molecule has 0 N–H and O–H groups in total. The fourth-order valence-corrected chi connectivity index (χ4v) is 3.22. The zero-order chi connectivity index (χ0) is 16.9. The summed E-state index contributed by atoms with van der Waals surface area (Å²) in [6.07, 6.45) is 2.88. The number of methoxy groups -OCH3 is 1. The highest BCUT2D eigenvalue weighted by molar-refractivity contribution is 5.32. The molecule has 1 fully saturated rings. The van der Waals surface area contributed by atoms with Gasteiger partial charge in [0.1, 0.15) is 0 Å². The van der Waals surface area contributed by atoms with E-state index in [0.29, 0.717) is 6.04 Å². The molecule has 0 amide bonds. The molecule has 0 aliphatic carbocycles. The first kappa shape index (κ1) is 17.1. The Morgan fingerprint density at radius 1 is 1.38 bits per heavy atom. The van der Waals surface area contributed by atoms with Gasteiger partial charge in [0.15, 0.2) is 5.82 Å². The summed E-state index contributed by atoms with van der Waals surface area (Å²) in [4.78, 5) is 6.87. The van der Waals surface area contributed by atoms with Crippen LogP contribution in [-0.4, -0.2) is 59.2 Å². The van der Waals surface area contributed by atoms with Gasteiger partial charge in [-0.25, -0.2) is 9.67 Å². The maximum absolute atomic E-state index is 5.58. The Hall–Kier alpha value is -1.76. The molecule has 3 heterocycles. The van der Waals surface area contributed by atoms with Gasteiger partial charge >= 0.3 is 0 Å². The van der Waals surface area contributed by atoms with E-state index in [2.05, 4.69) is 23.7 Å². The van der Waals surface area contributed by atoms with E-state index in [9.17, 15) is 0 Å². The second-order valence-electron chi connectivity index (χ2n) is 6.23. The van der Waals surface area contributed by atoms with Crippen molar-refractivity contribution < 1.29 is 9.47 Å². The molecule has 2 aromatic rings. The maximum Gasteiger partial charge on any atom is 0.153 e. The largest absolute Gasteiger partial charge is 0.383 e. The predicted octanol–water partition coefficient (Wildman–Crippen LogP) is 2.12. The molecule has 0 aromatic carbocycles. The summed E-state index contributed by atoms with van der Waals surface area (Å²) in [5, 5.41) is 4.71. The number of ether oxygens (including phenoxy) is 2. The van der Waals surface area contributed by atoms with Crippen molar-refractivity contribution in [2.45, 2.75) is 32.9 Å². The van der Waals surface area contributed by atoms with Crippen molar-refractivity contribution >= 4 is 0 Å². The lowest BCUT2D eigenvalue weighted by atomic mass is 10.1. The molecule has 1 atom stereocenters. The van der Waals surface area contributed by atoms with E-state index >= 15 is 0 Å². The van der Waals surface area contributed by atoms with Crippen molar-refractivity contribution in [1.29, 1.82) is 0 Å². The van der Waals surface area contributed by atoms with E-state index in [1.807, 2.05) is 22.9 Å². The molecule has 0 saturated carbocycles. The summed E-state index contributed by atoms with van der Waals surface area (Å²) in [6.45, 7) is 8.32. The number of aromatic nitrogens is 3. The van der Waals surface area contributed by atoms with E-state index in [-0.39, 0.29) is 0 Å². The highest BCUT2D eigenvalue weighted by atomic mass is 16.5. The Morgan fingerprint density at radius 3 is 2.92 bits per heavy atom. The minimum atomic E-state index is 0.456. The average molecular weight is 330 g/mol. The summed E-state index contributed by atoms with van der Waals surface area (Å²) in [7, 11) is 1.75. The minimum absolute atomic E-state index is 0.456. The van der Waals surface area contributed by atoms with Gasteiger partial charge in [-0.15, -0.1) is 0 Å². The summed E-state index contributed by atoms with van der Waals surface area (Å²) in [5.74, 6) is 0.858. The molecule has 1 saturated heterocycles. The highest BCUT2D eigenvalue weighted by Crippen LogP contribution is 2.21. The van der Waals surface area contributed by atoms with Gasteiger partial charge in [-0.1, -0.05) is 6.07 Å². The Labute approximate surface area is 143 Å². The van der Waals surface area contributed by atoms with Crippen LogP contribution < -0.4 is 0 Å². The van der Waals surface area contributed by atoms with Crippen LogP contribution in [0, 0.1) is 13.8 Å². The zero-order valence-corrected chi connectivity index (χ0v) is 14.7. The zero-order valence-electron chi connectivity index (χ0n) is 14.7. The highest BCUT2D eigenvalue weighted by Gasteiger charge is 2.25. The topological polar surface area (TPSA) is 52.4 Å². The van der Waals surface area contributed by atoms with Crippen molar-refractivity contribution in [2.24, 2.45) is 0 Å². The quantitative estimate of drug-likeness (QED) is 0.778. The lowest BCUT2D eigenvalue weighted by Crippen LogP contribution is -2.37. The molecule has 1 aliphatic heterocycles. The third kappa shape index (κ3) is 3.66. The lowest BCUT2D eigenvalue weighted by Gasteiger charge is -2.27. The van der Waals surface area contributed by atoms with Gasteiger partial charge in [-0.05, 0) is 32.4 Å². The van der Waals surface area contributed by atoms with Crippen LogP contribution in [0.5, 0.6) is 0 Å². The average Bonchev–Trinajstić information content (AvgIpc) is 3.22. The van der Waals surface area contributed by atoms with E-state index in [4.69, 9.17) is 14.6 Å². The van der Waals surface area contributed by atoms with Crippen molar-refractivity contribution in [3.63, 3.8) is 0 Å². The summed E-state index contributed by atoms with van der Waals surface area (Å²) >= 11 is 0. The number of pyridine rings is 1. The van der Waals surface area contributed by atoms with E-state index in [1.54, 1.807) is 13.3 Å². The van der Waals surface area contributed by atoms with E-state index < -0.39 is 0 Å². The van der Waals surface area contributed by atoms with Gasteiger partial charge in [0, 0.05) is 50.3 Å². The SMILES string of the molecule is COCCN(Cc1c(C)nn(-c2ccccn2)c1C)C1CCOC1. The Kier molecular flexibility index (Phi) is 5.60. The molecule has 0 radical (unpaired) electrons. The predicted molar refractivity (Wildman–Crippen MR) is 92.3 cm³/mol. The van der Waals surface area contributed by atoms with E-state index in [0.717, 1.165) is 56.5 Å². The van der Waals surface area contributed by atoms with Crippen LogP contribution >= 0.6 is 0 Å². The van der Waals surface area contributed by atoms with Gasteiger partial charge in [0.2, 0.25) is 0 Å². The molecule has 1 unspecified atom stereocenters. The fraction of sp³-hybridized carbons (Fsp3) is 0.556. The Balaban J connectivity index is 1.83. The smallest absolute Gasteiger partial charge is 0.153 e. The first-order chi connectivity index (χ1) is 11.7. The van der Waals surface area contributed by atoms with Crippen molar-refractivity contribution in [2.75, 3.05) is 33.5 Å².